The van der Waals surface area contributed by atoms with Crippen LogP contribution in [0.25, 0.3) is 33.3 Å². The van der Waals surface area contributed by atoms with Crippen LogP contribution in [0.3, 0.4) is 0 Å². The number of benzene rings is 1. The first-order valence-corrected chi connectivity index (χ1v) is 14.1. The molecular formula is C32H26N6O4. The van der Waals surface area contributed by atoms with Crippen molar-refractivity contribution in [1.29, 1.82) is 0 Å². The van der Waals surface area contributed by atoms with Crippen LogP contribution < -0.4 is 19.3 Å². The van der Waals surface area contributed by atoms with Gasteiger partial charge in [-0.15, -0.1) is 0 Å². The number of amides is 2. The lowest BCUT2D eigenvalue weighted by molar-refractivity contribution is -0.117. The Balaban J connectivity index is 1.12. The SMILES string of the molecule is O=C1CCCN1c1ccc(-c2cncc(-c3ccnc4c3cc3n4CCN(c4ccc5c(n4)OCCO5)C3=O)c2)cc1. The highest BCUT2D eigenvalue weighted by Crippen LogP contribution is 2.36. The van der Waals surface area contributed by atoms with Crippen LogP contribution in [0.4, 0.5) is 11.5 Å². The summed E-state index contributed by atoms with van der Waals surface area (Å²) in [7, 11) is 0. The molecule has 4 aromatic heterocycles. The summed E-state index contributed by atoms with van der Waals surface area (Å²) in [6, 6.07) is 17.6. The number of carbonyl (C=O) groups excluding carboxylic acids is 2. The van der Waals surface area contributed by atoms with Crippen molar-refractivity contribution in [2.75, 3.05) is 36.1 Å². The number of hydrogen-bond donors (Lipinski definition) is 0. The number of rotatable bonds is 4. The zero-order chi connectivity index (χ0) is 28.2. The summed E-state index contributed by atoms with van der Waals surface area (Å²) in [6.45, 7) is 2.73. The maximum atomic E-state index is 13.7. The number of ether oxygens (including phenoxy) is 2. The molecule has 0 spiro atoms. The van der Waals surface area contributed by atoms with Gasteiger partial charge in [-0.3, -0.25) is 19.5 Å². The minimum atomic E-state index is -0.141. The highest BCUT2D eigenvalue weighted by Gasteiger charge is 2.30. The molecule has 1 saturated heterocycles. The van der Waals surface area contributed by atoms with E-state index < -0.39 is 0 Å². The van der Waals surface area contributed by atoms with Crippen molar-refractivity contribution in [3.8, 4) is 33.9 Å². The van der Waals surface area contributed by atoms with E-state index in [0.717, 1.165) is 51.9 Å². The number of aromatic nitrogens is 4. The molecule has 208 valence electrons. The molecule has 0 unspecified atom stereocenters. The Labute approximate surface area is 241 Å². The predicted molar refractivity (Wildman–Crippen MR) is 157 cm³/mol. The second kappa shape index (κ2) is 9.69. The third-order valence-corrected chi connectivity index (χ3v) is 8.11. The van der Waals surface area contributed by atoms with Gasteiger partial charge in [0, 0.05) is 66.8 Å². The molecule has 42 heavy (non-hydrogen) atoms. The van der Waals surface area contributed by atoms with Crippen LogP contribution >= 0.6 is 0 Å². The molecule has 2 amide bonds. The lowest BCUT2D eigenvalue weighted by Crippen LogP contribution is -2.40. The average molecular weight is 559 g/mol. The van der Waals surface area contributed by atoms with E-state index in [4.69, 9.17) is 9.47 Å². The molecule has 0 atom stereocenters. The van der Waals surface area contributed by atoms with Gasteiger partial charge in [0.25, 0.3) is 11.8 Å². The molecule has 5 aromatic rings. The van der Waals surface area contributed by atoms with Crippen molar-refractivity contribution in [2.45, 2.75) is 19.4 Å². The molecule has 0 aliphatic carbocycles. The molecule has 0 bridgehead atoms. The second-order valence-electron chi connectivity index (χ2n) is 10.6. The van der Waals surface area contributed by atoms with Crippen molar-refractivity contribution in [3.05, 3.63) is 78.9 Å². The number of pyridine rings is 3. The van der Waals surface area contributed by atoms with Crippen LogP contribution in [0, 0.1) is 0 Å². The standard InChI is InChI=1S/C32H26N6O4/c39-29-2-1-11-36(29)23-5-3-20(4-6-23)21-16-22(19-33-18-21)24-9-10-34-30-25(24)17-26-32(40)38(13-12-37(26)30)28-8-7-27-31(35-28)42-15-14-41-27/h3-10,16-19H,1-2,11-15H2. The lowest BCUT2D eigenvalue weighted by atomic mass is 10.0. The van der Waals surface area contributed by atoms with Crippen molar-refractivity contribution in [2.24, 2.45) is 0 Å². The highest BCUT2D eigenvalue weighted by molar-refractivity contribution is 6.09. The first-order valence-electron chi connectivity index (χ1n) is 14.1. The van der Waals surface area contributed by atoms with Gasteiger partial charge >= 0.3 is 0 Å². The van der Waals surface area contributed by atoms with Crippen LogP contribution in [0.1, 0.15) is 23.3 Å². The molecule has 0 saturated carbocycles. The minimum Gasteiger partial charge on any atom is -0.484 e. The summed E-state index contributed by atoms with van der Waals surface area (Å²) >= 11 is 0. The van der Waals surface area contributed by atoms with E-state index in [1.165, 1.54) is 0 Å². The number of anilines is 2. The third kappa shape index (κ3) is 3.98. The van der Waals surface area contributed by atoms with Gasteiger partial charge in [0.15, 0.2) is 5.75 Å². The Kier molecular flexibility index (Phi) is 5.66. The zero-order valence-electron chi connectivity index (χ0n) is 22.7. The molecule has 3 aliphatic heterocycles. The minimum absolute atomic E-state index is 0.141. The van der Waals surface area contributed by atoms with E-state index in [2.05, 4.69) is 21.0 Å². The molecule has 1 aromatic carbocycles. The first kappa shape index (κ1) is 24.5. The van der Waals surface area contributed by atoms with Gasteiger partial charge in [0.1, 0.15) is 30.4 Å². The Morgan fingerprint density at radius 3 is 2.50 bits per heavy atom. The number of fused-ring (bicyclic) bond motifs is 4. The summed E-state index contributed by atoms with van der Waals surface area (Å²) in [5.74, 6) is 1.57. The van der Waals surface area contributed by atoms with Gasteiger partial charge in [-0.2, -0.15) is 4.98 Å². The normalized spacial score (nSPS) is 16.3. The summed E-state index contributed by atoms with van der Waals surface area (Å²) < 4.78 is 13.2. The Bertz CT molecular complexity index is 1880. The summed E-state index contributed by atoms with van der Waals surface area (Å²) in [5.41, 5.74) is 6.10. The Morgan fingerprint density at radius 2 is 1.64 bits per heavy atom. The fraction of sp³-hybridized carbons (Fsp3) is 0.219. The molecule has 0 radical (unpaired) electrons. The molecule has 10 heteroatoms. The fourth-order valence-electron chi connectivity index (χ4n) is 6.03. The van der Waals surface area contributed by atoms with Gasteiger partial charge in [-0.25, -0.2) is 4.98 Å². The summed E-state index contributed by atoms with van der Waals surface area (Å²) in [4.78, 5) is 43.1. The van der Waals surface area contributed by atoms with Gasteiger partial charge in [0.2, 0.25) is 5.91 Å². The van der Waals surface area contributed by atoms with Crippen molar-refractivity contribution >= 4 is 34.4 Å². The van der Waals surface area contributed by atoms with Crippen molar-refractivity contribution < 1.29 is 19.1 Å². The van der Waals surface area contributed by atoms with Crippen LogP contribution in [0.2, 0.25) is 0 Å². The molecular weight excluding hydrogens is 532 g/mol. The van der Waals surface area contributed by atoms with Gasteiger partial charge in [-0.05, 0) is 60.0 Å². The first-order chi connectivity index (χ1) is 20.6. The van der Waals surface area contributed by atoms with Gasteiger partial charge in [-0.1, -0.05) is 12.1 Å². The Morgan fingerprint density at radius 1 is 0.786 bits per heavy atom. The number of nitrogens with zero attached hydrogens (tertiary/aromatic N) is 6. The molecule has 7 heterocycles. The van der Waals surface area contributed by atoms with Gasteiger partial charge < -0.3 is 18.9 Å². The largest absolute Gasteiger partial charge is 0.484 e. The van der Waals surface area contributed by atoms with Crippen molar-refractivity contribution in [1.82, 2.24) is 19.5 Å². The molecule has 0 N–H and O–H groups in total. The van der Waals surface area contributed by atoms with E-state index in [0.29, 0.717) is 55.9 Å². The Hall–Kier alpha value is -5.25. The molecule has 3 aliphatic rings. The van der Waals surface area contributed by atoms with Crippen molar-refractivity contribution in [3.63, 3.8) is 0 Å². The monoisotopic (exact) mass is 558 g/mol. The van der Waals surface area contributed by atoms with Crippen LogP contribution in [-0.2, 0) is 11.3 Å². The summed E-state index contributed by atoms with van der Waals surface area (Å²) in [6.07, 6.45) is 6.95. The highest BCUT2D eigenvalue weighted by atomic mass is 16.6. The lowest BCUT2D eigenvalue weighted by Gasteiger charge is -2.28. The van der Waals surface area contributed by atoms with Gasteiger partial charge in [0.05, 0.1) is 0 Å². The predicted octanol–water partition coefficient (Wildman–Crippen LogP) is 4.72. The van der Waals surface area contributed by atoms with Crippen LogP contribution in [0.15, 0.2) is 73.2 Å². The summed E-state index contributed by atoms with van der Waals surface area (Å²) in [5, 5.41) is 0.889. The zero-order valence-corrected chi connectivity index (χ0v) is 22.7. The second-order valence-corrected chi connectivity index (χ2v) is 10.6. The fourth-order valence-corrected chi connectivity index (χ4v) is 6.03. The van der Waals surface area contributed by atoms with E-state index >= 15 is 0 Å². The molecule has 1 fully saturated rings. The quantitative estimate of drug-likeness (QED) is 0.315. The number of carbonyl (C=O) groups is 2. The molecule has 10 nitrogen and oxygen atoms in total. The number of hydrogen-bond acceptors (Lipinski definition) is 7. The van der Waals surface area contributed by atoms with E-state index in [1.807, 2.05) is 58.3 Å². The maximum Gasteiger partial charge on any atom is 0.276 e. The maximum absolute atomic E-state index is 13.7. The van der Waals surface area contributed by atoms with Crippen LogP contribution in [-0.4, -0.2) is 57.6 Å². The van der Waals surface area contributed by atoms with E-state index in [9.17, 15) is 9.59 Å². The van der Waals surface area contributed by atoms with E-state index in [-0.39, 0.29) is 11.8 Å². The van der Waals surface area contributed by atoms with Crippen LogP contribution in [0.5, 0.6) is 11.6 Å². The van der Waals surface area contributed by atoms with E-state index in [1.54, 1.807) is 23.2 Å². The smallest absolute Gasteiger partial charge is 0.276 e. The third-order valence-electron chi connectivity index (χ3n) is 8.11. The average Bonchev–Trinajstić information content (AvgIpc) is 3.65. The molecule has 8 rings (SSSR count). The topological polar surface area (TPSA) is 103 Å².